The minimum atomic E-state index is -2.12. The maximum absolute atomic E-state index is 12.3. The first-order valence-corrected chi connectivity index (χ1v) is 9.56. The lowest BCUT2D eigenvalue weighted by Crippen LogP contribution is -2.17. The molecule has 0 amide bonds. The first-order valence-electron chi connectivity index (χ1n) is 6.94. The number of halogens is 2. The normalized spacial score (nSPS) is 13.7. The number of nitrogens with zero attached hydrogens (tertiary/aromatic N) is 1. The van der Waals surface area contributed by atoms with Gasteiger partial charge in [0.05, 0.1) is 6.26 Å². The van der Waals surface area contributed by atoms with E-state index in [4.69, 9.17) is 16.3 Å². The summed E-state index contributed by atoms with van der Waals surface area (Å²) in [6, 6.07) is 15.8. The molecule has 0 N–H and O–H groups in total. The van der Waals surface area contributed by atoms with Crippen LogP contribution in [0.25, 0.3) is 5.57 Å². The number of anilines is 2. The Morgan fingerprint density at radius 3 is 2.09 bits per heavy atom. The van der Waals surface area contributed by atoms with Crippen LogP contribution in [0, 0.1) is 0 Å². The fraction of sp³-hybridized carbons (Fsp3) is 0.0588. The van der Waals surface area contributed by atoms with Gasteiger partial charge in [0.1, 0.15) is 6.92 Å². The molecule has 0 fully saturated rings. The zero-order valence-corrected chi connectivity index (χ0v) is 14.1. The molecule has 1 aliphatic heterocycles. The van der Waals surface area contributed by atoms with Crippen molar-refractivity contribution in [2.45, 2.75) is 0 Å². The maximum atomic E-state index is 12.3. The van der Waals surface area contributed by atoms with Crippen LogP contribution in [0.5, 0.6) is 0 Å². The van der Waals surface area contributed by atoms with E-state index in [2.05, 4.69) is 4.90 Å². The topological polar surface area (TPSA) is 12.5 Å². The third kappa shape index (κ3) is 3.21. The molecule has 6 heteroatoms. The molecule has 0 bridgehead atoms. The molecule has 1 unspecified atom stereocenters. The molecular formula is C17H14F2NOPS. The number of benzene rings is 2. The minimum absolute atomic E-state index is 0.712. The second-order valence-corrected chi connectivity index (χ2v) is 7.37. The Balaban J connectivity index is 2.08. The SMILES string of the molecule is CN1c2ccccc2C(=CO[PH](=S)C=C(F)F)c2ccccc21. The monoisotopic (exact) mass is 349 g/mol. The highest BCUT2D eigenvalue weighted by atomic mass is 32.4. The zero-order chi connectivity index (χ0) is 16.4. The molecular weight excluding hydrogens is 335 g/mol. The summed E-state index contributed by atoms with van der Waals surface area (Å²) < 4.78 is 30.0. The summed E-state index contributed by atoms with van der Waals surface area (Å²) in [6.07, 6.45) is -0.276. The fourth-order valence-electron chi connectivity index (χ4n) is 2.63. The molecule has 0 saturated heterocycles. The van der Waals surface area contributed by atoms with Crippen LogP contribution in [0.4, 0.5) is 20.2 Å². The molecule has 2 nitrogen and oxygen atoms in total. The van der Waals surface area contributed by atoms with Gasteiger partial charge in [-0.25, -0.2) is 0 Å². The highest BCUT2D eigenvalue weighted by molar-refractivity contribution is 8.04. The Morgan fingerprint density at radius 2 is 1.57 bits per heavy atom. The van der Waals surface area contributed by atoms with Gasteiger partial charge < -0.3 is 9.42 Å². The van der Waals surface area contributed by atoms with Gasteiger partial charge in [0.2, 0.25) is 0 Å². The highest BCUT2D eigenvalue weighted by Gasteiger charge is 2.23. The van der Waals surface area contributed by atoms with E-state index in [1.165, 1.54) is 6.26 Å². The molecule has 0 radical (unpaired) electrons. The summed E-state index contributed by atoms with van der Waals surface area (Å²) in [5, 5.41) is 0. The number of hydrogen-bond donors (Lipinski definition) is 0. The van der Waals surface area contributed by atoms with E-state index in [9.17, 15) is 8.78 Å². The predicted molar refractivity (Wildman–Crippen MR) is 95.1 cm³/mol. The largest absolute Gasteiger partial charge is 0.472 e. The lowest BCUT2D eigenvalue weighted by molar-refractivity contribution is 0.422. The van der Waals surface area contributed by atoms with E-state index in [0.717, 1.165) is 28.1 Å². The van der Waals surface area contributed by atoms with Gasteiger partial charge in [-0.3, -0.25) is 0 Å². The molecule has 0 spiro atoms. The summed E-state index contributed by atoms with van der Waals surface area (Å²) in [7, 11) is 2.00. The lowest BCUT2D eigenvalue weighted by Gasteiger charge is -2.31. The summed E-state index contributed by atoms with van der Waals surface area (Å²) in [4.78, 5) is 2.10. The lowest BCUT2D eigenvalue weighted by atomic mass is 9.91. The Hall–Kier alpha value is -1.97. The van der Waals surface area contributed by atoms with E-state index in [1.54, 1.807) is 0 Å². The quantitative estimate of drug-likeness (QED) is 0.536. The van der Waals surface area contributed by atoms with E-state index in [-0.39, 0.29) is 0 Å². The smallest absolute Gasteiger partial charge is 0.274 e. The van der Waals surface area contributed by atoms with Gasteiger partial charge in [0.25, 0.3) is 6.08 Å². The standard InChI is InChI=1S/C17H14F2NOPS/c1-20-15-8-4-2-6-12(15)14(10-21-22(23)11-17(18)19)13-7-3-5-9-16(13)20/h2-11,22H,1H3. The van der Waals surface area contributed by atoms with Crippen molar-refractivity contribution in [3.05, 3.63) is 77.8 Å². The van der Waals surface area contributed by atoms with Crippen molar-refractivity contribution in [2.75, 3.05) is 11.9 Å². The van der Waals surface area contributed by atoms with Gasteiger partial charge in [-0.05, 0) is 12.1 Å². The first-order chi connectivity index (χ1) is 11.1. The zero-order valence-electron chi connectivity index (χ0n) is 12.3. The van der Waals surface area contributed by atoms with Crippen molar-refractivity contribution < 1.29 is 13.3 Å². The molecule has 2 aromatic carbocycles. The number of para-hydroxylation sites is 2. The van der Waals surface area contributed by atoms with Gasteiger partial charge >= 0.3 is 0 Å². The van der Waals surface area contributed by atoms with Crippen LogP contribution in [-0.4, -0.2) is 7.05 Å². The van der Waals surface area contributed by atoms with Crippen LogP contribution in [0.1, 0.15) is 11.1 Å². The van der Waals surface area contributed by atoms with Gasteiger partial charge in [0, 0.05) is 40.9 Å². The predicted octanol–water partition coefficient (Wildman–Crippen LogP) is 5.50. The van der Waals surface area contributed by atoms with Crippen molar-refractivity contribution in [2.24, 2.45) is 0 Å². The van der Waals surface area contributed by atoms with Gasteiger partial charge in [-0.2, -0.15) is 8.78 Å². The molecule has 118 valence electrons. The highest BCUT2D eigenvalue weighted by Crippen LogP contribution is 2.44. The number of hydrogen-bond acceptors (Lipinski definition) is 3. The van der Waals surface area contributed by atoms with Crippen LogP contribution in [0.3, 0.4) is 0 Å². The Kier molecular flexibility index (Phi) is 4.60. The third-order valence-corrected chi connectivity index (χ3v) is 5.08. The van der Waals surface area contributed by atoms with E-state index in [1.807, 2.05) is 55.6 Å². The molecule has 23 heavy (non-hydrogen) atoms. The van der Waals surface area contributed by atoms with E-state index >= 15 is 0 Å². The molecule has 1 atom stereocenters. The van der Waals surface area contributed by atoms with Crippen LogP contribution in [-0.2, 0) is 16.3 Å². The average Bonchev–Trinajstić information content (AvgIpc) is 2.54. The van der Waals surface area contributed by atoms with Gasteiger partial charge in [-0.15, -0.1) is 0 Å². The molecule has 3 rings (SSSR count). The second-order valence-electron chi connectivity index (χ2n) is 5.00. The molecule has 2 aromatic rings. The van der Waals surface area contributed by atoms with Crippen molar-refractivity contribution in [1.29, 1.82) is 0 Å². The molecule has 1 heterocycles. The summed E-state index contributed by atoms with van der Waals surface area (Å²) in [5.74, 6) is 0.712. The number of fused-ring (bicyclic) bond motifs is 2. The van der Waals surface area contributed by atoms with E-state index < -0.39 is 13.0 Å². The van der Waals surface area contributed by atoms with Gasteiger partial charge in [0.15, 0.2) is 0 Å². The second kappa shape index (κ2) is 6.65. The summed E-state index contributed by atoms with van der Waals surface area (Å²) in [6.45, 7) is -2.12. The number of rotatable bonds is 3. The Bertz CT molecular complexity index is 781. The van der Waals surface area contributed by atoms with Crippen molar-refractivity contribution in [3.63, 3.8) is 0 Å². The maximum Gasteiger partial charge on any atom is 0.274 e. The van der Waals surface area contributed by atoms with Crippen LogP contribution >= 0.6 is 6.92 Å². The van der Waals surface area contributed by atoms with Crippen molar-refractivity contribution in [3.8, 4) is 0 Å². The fourth-order valence-corrected chi connectivity index (χ4v) is 3.52. The Morgan fingerprint density at radius 1 is 1.04 bits per heavy atom. The molecule has 0 aromatic heterocycles. The van der Waals surface area contributed by atoms with Crippen molar-refractivity contribution in [1.82, 2.24) is 0 Å². The third-order valence-electron chi connectivity index (χ3n) is 3.63. The summed E-state index contributed by atoms with van der Waals surface area (Å²) in [5.41, 5.74) is 4.90. The van der Waals surface area contributed by atoms with Crippen LogP contribution in [0.2, 0.25) is 0 Å². The van der Waals surface area contributed by atoms with E-state index in [0.29, 0.717) is 5.82 Å². The van der Waals surface area contributed by atoms with Crippen LogP contribution < -0.4 is 4.90 Å². The van der Waals surface area contributed by atoms with Crippen molar-refractivity contribution >= 4 is 35.7 Å². The average molecular weight is 349 g/mol. The first kappa shape index (κ1) is 15.9. The van der Waals surface area contributed by atoms with Crippen LogP contribution in [0.15, 0.2) is 66.7 Å². The minimum Gasteiger partial charge on any atom is -0.472 e. The summed E-state index contributed by atoms with van der Waals surface area (Å²) >= 11 is 4.97. The molecule has 0 aliphatic carbocycles. The van der Waals surface area contributed by atoms with Gasteiger partial charge in [-0.1, -0.05) is 48.2 Å². The molecule has 0 saturated carbocycles. The molecule has 1 aliphatic rings. The Labute approximate surface area is 139 Å².